The Kier molecular flexibility index (Phi) is 4.02. The molecule has 2 heterocycles. The molecule has 1 saturated heterocycles. The van der Waals surface area contributed by atoms with Gasteiger partial charge in [0, 0.05) is 11.8 Å². The van der Waals surface area contributed by atoms with Gasteiger partial charge in [0.15, 0.2) is 6.23 Å². The first-order chi connectivity index (χ1) is 8.90. The van der Waals surface area contributed by atoms with Gasteiger partial charge in [-0.2, -0.15) is 4.98 Å². The summed E-state index contributed by atoms with van der Waals surface area (Å²) in [6, 6.07) is 0. The Balaban J connectivity index is 2.37. The summed E-state index contributed by atoms with van der Waals surface area (Å²) in [6.45, 7) is 1.54. The molecule has 3 unspecified atom stereocenters. The number of nitrogens with two attached hydrogens (primary N) is 1. The zero-order valence-corrected chi connectivity index (χ0v) is 11.0. The van der Waals surface area contributed by atoms with Crippen LogP contribution in [0.4, 0.5) is 5.82 Å². The van der Waals surface area contributed by atoms with Crippen LogP contribution in [0.1, 0.15) is 11.8 Å². The largest absolute Gasteiger partial charge is 0.388 e. The van der Waals surface area contributed by atoms with Crippen LogP contribution in [0.2, 0.25) is 0 Å². The van der Waals surface area contributed by atoms with Gasteiger partial charge in [0.1, 0.15) is 18.0 Å². The maximum Gasteiger partial charge on any atom is 0.351 e. The molecule has 0 spiro atoms. The third kappa shape index (κ3) is 2.85. The first-order valence-electron chi connectivity index (χ1n) is 5.44. The van der Waals surface area contributed by atoms with Crippen molar-refractivity contribution in [2.75, 3.05) is 12.3 Å². The van der Waals surface area contributed by atoms with Gasteiger partial charge in [-0.15, -0.1) is 0 Å². The molecular formula is C9H14N3O6P. The second-order valence-electron chi connectivity index (χ2n) is 4.14. The van der Waals surface area contributed by atoms with E-state index in [-0.39, 0.29) is 12.4 Å². The topological polar surface area (TPSA) is 137 Å². The first kappa shape index (κ1) is 14.2. The number of ether oxygens (including phenoxy) is 1. The van der Waals surface area contributed by atoms with Crippen molar-refractivity contribution in [3.63, 3.8) is 0 Å². The molecule has 1 aromatic rings. The number of hydrogen-bond donors (Lipinski definition) is 3. The van der Waals surface area contributed by atoms with E-state index in [2.05, 4.69) is 4.98 Å². The molecule has 0 saturated carbocycles. The average molecular weight is 291 g/mol. The van der Waals surface area contributed by atoms with Crippen molar-refractivity contribution in [2.45, 2.75) is 25.4 Å². The van der Waals surface area contributed by atoms with Crippen molar-refractivity contribution in [1.29, 1.82) is 0 Å². The van der Waals surface area contributed by atoms with Gasteiger partial charge in [-0.3, -0.25) is 13.7 Å². The minimum Gasteiger partial charge on any atom is -0.388 e. The number of anilines is 1. The second kappa shape index (κ2) is 5.40. The summed E-state index contributed by atoms with van der Waals surface area (Å²) in [4.78, 5) is 24.1. The highest BCUT2D eigenvalue weighted by Crippen LogP contribution is 2.32. The molecule has 4 atom stereocenters. The third-order valence-corrected chi connectivity index (χ3v) is 3.26. The highest BCUT2D eigenvalue weighted by atomic mass is 31.1. The number of aromatic nitrogens is 2. The van der Waals surface area contributed by atoms with Gasteiger partial charge >= 0.3 is 13.9 Å². The molecule has 1 aromatic heterocycles. The number of rotatable bonds is 3. The Bertz CT molecular complexity index is 561. The van der Waals surface area contributed by atoms with Crippen LogP contribution in [-0.2, 0) is 13.8 Å². The van der Waals surface area contributed by atoms with E-state index in [9.17, 15) is 14.5 Å². The zero-order valence-electron chi connectivity index (χ0n) is 10.0. The summed E-state index contributed by atoms with van der Waals surface area (Å²) in [5, 5.41) is 9.64. The van der Waals surface area contributed by atoms with Crippen LogP contribution in [0.3, 0.4) is 0 Å². The van der Waals surface area contributed by atoms with Gasteiger partial charge in [-0.1, -0.05) is 0 Å². The van der Waals surface area contributed by atoms with Crippen molar-refractivity contribution >= 4 is 14.1 Å². The van der Waals surface area contributed by atoms with Crippen LogP contribution in [0, 0.1) is 6.92 Å². The highest BCUT2D eigenvalue weighted by molar-refractivity contribution is 7.32. The predicted octanol–water partition coefficient (Wildman–Crippen LogP) is -1.21. The number of aryl methyl sites for hydroxylation is 1. The summed E-state index contributed by atoms with van der Waals surface area (Å²) < 4.78 is 21.8. The number of nitrogen functional groups attached to an aromatic ring is 1. The number of nitrogens with zero attached hydrogens (tertiary/aromatic N) is 2. The maximum atomic E-state index is 11.7. The van der Waals surface area contributed by atoms with Gasteiger partial charge in [0.05, 0.1) is 6.61 Å². The molecule has 1 fully saturated rings. The molecule has 19 heavy (non-hydrogen) atoms. The van der Waals surface area contributed by atoms with Crippen molar-refractivity contribution in [3.05, 3.63) is 22.2 Å². The van der Waals surface area contributed by atoms with E-state index in [4.69, 9.17) is 19.9 Å². The predicted molar refractivity (Wildman–Crippen MR) is 64.7 cm³/mol. The number of aliphatic hydroxyl groups is 1. The maximum absolute atomic E-state index is 11.7. The van der Waals surface area contributed by atoms with E-state index in [0.29, 0.717) is 5.56 Å². The molecule has 1 aliphatic heterocycles. The van der Waals surface area contributed by atoms with Crippen molar-refractivity contribution in [3.8, 4) is 0 Å². The minimum absolute atomic E-state index is 0.0907. The van der Waals surface area contributed by atoms with Gasteiger partial charge in [-0.25, -0.2) is 4.79 Å². The Morgan fingerprint density at radius 2 is 2.37 bits per heavy atom. The highest BCUT2D eigenvalue weighted by Gasteiger charge is 2.40. The Morgan fingerprint density at radius 1 is 1.68 bits per heavy atom. The third-order valence-electron chi connectivity index (χ3n) is 2.78. The SMILES string of the molecule is Cc1cn([C@@H]2OCC(O)C2O[PH](=O)O)c(=O)nc1N. The molecule has 0 aromatic carbocycles. The second-order valence-corrected chi connectivity index (χ2v) is 4.91. The lowest BCUT2D eigenvalue weighted by Crippen LogP contribution is -2.36. The summed E-state index contributed by atoms with van der Waals surface area (Å²) in [5.41, 5.74) is 5.36. The molecule has 0 aliphatic carbocycles. The van der Waals surface area contributed by atoms with E-state index >= 15 is 0 Å². The Labute approximate surface area is 108 Å². The molecule has 0 radical (unpaired) electrons. The Morgan fingerprint density at radius 3 is 3.00 bits per heavy atom. The number of hydrogen-bond acceptors (Lipinski definition) is 7. The standard InChI is InChI=1S/C9H14N3O6P/c1-4-2-12(9(14)11-7(4)10)8-6(18-19(15)16)5(13)3-17-8/h2,5-6,8,13,19H,3H2,1H3,(H,15,16)(H2,10,11,14)/t5?,6?,8-/m1/s1. The molecule has 0 amide bonds. The van der Waals surface area contributed by atoms with Crippen LogP contribution < -0.4 is 11.4 Å². The summed E-state index contributed by atoms with van der Waals surface area (Å²) in [6.07, 6.45) is -1.83. The summed E-state index contributed by atoms with van der Waals surface area (Å²) in [7, 11) is -3.27. The molecule has 106 valence electrons. The first-order valence-corrected chi connectivity index (χ1v) is 6.71. The van der Waals surface area contributed by atoms with Gasteiger partial charge in [0.25, 0.3) is 0 Å². The Hall–Kier alpha value is -1.25. The van der Waals surface area contributed by atoms with Crippen LogP contribution in [0.15, 0.2) is 11.0 Å². The van der Waals surface area contributed by atoms with Crippen molar-refractivity contribution in [2.24, 2.45) is 0 Å². The van der Waals surface area contributed by atoms with Crippen LogP contribution in [0.25, 0.3) is 0 Å². The summed E-state index contributed by atoms with van der Waals surface area (Å²) in [5.74, 6) is 0.0907. The fourth-order valence-electron chi connectivity index (χ4n) is 1.83. The monoisotopic (exact) mass is 291 g/mol. The van der Waals surface area contributed by atoms with E-state index in [1.807, 2.05) is 0 Å². The number of aliphatic hydroxyl groups excluding tert-OH is 1. The van der Waals surface area contributed by atoms with E-state index in [1.165, 1.54) is 6.20 Å². The van der Waals surface area contributed by atoms with Crippen LogP contribution in [0.5, 0.6) is 0 Å². The van der Waals surface area contributed by atoms with Crippen molar-refractivity contribution < 1.29 is 23.8 Å². The van der Waals surface area contributed by atoms with Crippen LogP contribution >= 0.6 is 8.25 Å². The van der Waals surface area contributed by atoms with E-state index in [1.54, 1.807) is 6.92 Å². The van der Waals surface area contributed by atoms with Gasteiger partial charge < -0.3 is 20.5 Å². The molecule has 9 nitrogen and oxygen atoms in total. The van der Waals surface area contributed by atoms with Gasteiger partial charge in [0.2, 0.25) is 0 Å². The molecular weight excluding hydrogens is 277 g/mol. The minimum atomic E-state index is -3.27. The lowest BCUT2D eigenvalue weighted by Gasteiger charge is -2.21. The normalized spacial score (nSPS) is 28.5. The fourth-order valence-corrected chi connectivity index (χ4v) is 2.34. The van der Waals surface area contributed by atoms with Gasteiger partial charge in [-0.05, 0) is 6.92 Å². The van der Waals surface area contributed by atoms with E-state index in [0.717, 1.165) is 4.57 Å². The molecule has 10 heteroatoms. The molecule has 1 aliphatic rings. The summed E-state index contributed by atoms with van der Waals surface area (Å²) >= 11 is 0. The lowest BCUT2D eigenvalue weighted by atomic mass is 10.2. The smallest absolute Gasteiger partial charge is 0.351 e. The van der Waals surface area contributed by atoms with Crippen LogP contribution in [-0.4, -0.2) is 38.4 Å². The van der Waals surface area contributed by atoms with E-state index < -0.39 is 32.4 Å². The molecule has 2 rings (SSSR count). The zero-order chi connectivity index (χ0) is 14.2. The fraction of sp³-hybridized carbons (Fsp3) is 0.556. The molecule has 0 bridgehead atoms. The quantitative estimate of drug-likeness (QED) is 0.590. The lowest BCUT2D eigenvalue weighted by molar-refractivity contribution is -0.00903. The molecule has 4 N–H and O–H groups in total. The average Bonchev–Trinajstić information content (AvgIpc) is 2.65. The van der Waals surface area contributed by atoms with Crippen molar-refractivity contribution in [1.82, 2.24) is 9.55 Å².